The number of rotatable bonds is 11. The minimum atomic E-state index is -4.19. The van der Waals surface area contributed by atoms with Gasteiger partial charge in [-0.3, -0.25) is 13.9 Å². The highest BCUT2D eigenvalue weighted by Gasteiger charge is 2.34. The largest absolute Gasteiger partial charge is 0.495 e. The number of hydrogen-bond acceptors (Lipinski definition) is 5. The number of hydrogen-bond donors (Lipinski definition) is 1. The molecule has 0 radical (unpaired) electrons. The summed E-state index contributed by atoms with van der Waals surface area (Å²) in [6.07, 6.45) is 3.90. The minimum Gasteiger partial charge on any atom is -0.495 e. The molecule has 0 saturated heterocycles. The summed E-state index contributed by atoms with van der Waals surface area (Å²) < 4.78 is 34.6. The molecule has 218 valence electrons. The van der Waals surface area contributed by atoms with E-state index >= 15 is 0 Å². The van der Waals surface area contributed by atoms with Crippen molar-refractivity contribution in [3.8, 4) is 5.75 Å². The van der Waals surface area contributed by atoms with Gasteiger partial charge in [-0.05, 0) is 74.2 Å². The van der Waals surface area contributed by atoms with Gasteiger partial charge in [0.05, 0.1) is 17.7 Å². The first-order valence-electron chi connectivity index (χ1n) is 13.7. The third-order valence-corrected chi connectivity index (χ3v) is 9.33. The van der Waals surface area contributed by atoms with Crippen molar-refractivity contribution in [3.05, 3.63) is 88.9 Å². The van der Waals surface area contributed by atoms with E-state index in [0.29, 0.717) is 10.8 Å². The average Bonchev–Trinajstić information content (AvgIpc) is 3.47. The Kier molecular flexibility index (Phi) is 9.94. The monoisotopic (exact) mass is 597 g/mol. The van der Waals surface area contributed by atoms with Crippen LogP contribution in [-0.4, -0.2) is 50.9 Å². The molecule has 0 spiro atoms. The predicted molar refractivity (Wildman–Crippen MR) is 161 cm³/mol. The molecule has 2 amide bonds. The van der Waals surface area contributed by atoms with Crippen molar-refractivity contribution < 1.29 is 22.7 Å². The summed E-state index contributed by atoms with van der Waals surface area (Å²) in [4.78, 5) is 28.9. The number of carbonyl (C=O) groups excluding carboxylic acids is 2. The van der Waals surface area contributed by atoms with Crippen LogP contribution in [0.15, 0.2) is 77.7 Å². The summed E-state index contributed by atoms with van der Waals surface area (Å²) in [6.45, 7) is 3.02. The number of carbonyl (C=O) groups is 2. The number of aryl methyl sites for hydroxylation is 1. The van der Waals surface area contributed by atoms with E-state index in [9.17, 15) is 18.0 Å². The zero-order valence-corrected chi connectivity index (χ0v) is 25.1. The fraction of sp³-hybridized carbons (Fsp3) is 0.355. The lowest BCUT2D eigenvalue weighted by Crippen LogP contribution is -2.52. The first kappa shape index (κ1) is 30.4. The molecule has 1 saturated carbocycles. The molecule has 1 aliphatic rings. The fourth-order valence-electron chi connectivity index (χ4n) is 5.03. The van der Waals surface area contributed by atoms with Crippen LogP contribution in [0.5, 0.6) is 5.75 Å². The molecule has 41 heavy (non-hydrogen) atoms. The number of nitrogens with zero attached hydrogens (tertiary/aromatic N) is 2. The molecule has 1 unspecified atom stereocenters. The van der Waals surface area contributed by atoms with E-state index in [-0.39, 0.29) is 29.1 Å². The lowest BCUT2D eigenvalue weighted by Gasteiger charge is -2.33. The van der Waals surface area contributed by atoms with Crippen molar-refractivity contribution in [2.45, 2.75) is 63.1 Å². The Balaban J connectivity index is 1.73. The second kappa shape index (κ2) is 13.4. The van der Waals surface area contributed by atoms with Crippen LogP contribution in [-0.2, 0) is 26.2 Å². The maximum absolute atomic E-state index is 14.1. The third-order valence-electron chi connectivity index (χ3n) is 7.32. The van der Waals surface area contributed by atoms with Crippen molar-refractivity contribution in [2.75, 3.05) is 18.0 Å². The van der Waals surface area contributed by atoms with Gasteiger partial charge in [0.15, 0.2) is 0 Å². The zero-order valence-electron chi connectivity index (χ0n) is 23.5. The van der Waals surface area contributed by atoms with Gasteiger partial charge in [-0.1, -0.05) is 60.8 Å². The molecule has 3 aromatic rings. The number of anilines is 1. The van der Waals surface area contributed by atoms with E-state index in [1.54, 1.807) is 61.5 Å². The van der Waals surface area contributed by atoms with Crippen molar-refractivity contribution in [1.82, 2.24) is 10.2 Å². The van der Waals surface area contributed by atoms with Crippen LogP contribution in [0.3, 0.4) is 0 Å². The maximum Gasteiger partial charge on any atom is 0.264 e. The first-order valence-corrected chi connectivity index (χ1v) is 15.5. The predicted octanol–water partition coefficient (Wildman–Crippen LogP) is 5.33. The van der Waals surface area contributed by atoms with Crippen LogP contribution >= 0.6 is 11.6 Å². The summed E-state index contributed by atoms with van der Waals surface area (Å²) in [5.41, 5.74) is 1.74. The standard InChI is InChI=1S/C31H36ClN3O5S/c1-22-16-17-29(40-3)28(18-22)35(41(38,39)27-14-5-4-6-15-27)21-30(36)34(20-24-10-9-11-25(32)19-24)23(2)31(37)33-26-12-7-8-13-26/h4-6,9-11,14-19,23,26H,7-8,12-13,20-21H2,1-3H3,(H,33,37). The topological polar surface area (TPSA) is 96.0 Å². The maximum atomic E-state index is 14.1. The molecule has 1 N–H and O–H groups in total. The number of methoxy groups -OCH3 is 1. The third kappa shape index (κ3) is 7.40. The lowest BCUT2D eigenvalue weighted by molar-refractivity contribution is -0.139. The highest BCUT2D eigenvalue weighted by molar-refractivity contribution is 7.92. The van der Waals surface area contributed by atoms with E-state index < -0.39 is 28.5 Å². The number of nitrogens with one attached hydrogen (secondary N) is 1. The molecule has 1 aliphatic carbocycles. The number of sulfonamides is 1. The Labute approximate surface area is 247 Å². The van der Waals surface area contributed by atoms with E-state index in [0.717, 1.165) is 41.1 Å². The molecule has 0 aromatic heterocycles. The average molecular weight is 598 g/mol. The molecule has 4 rings (SSSR count). The smallest absolute Gasteiger partial charge is 0.264 e. The number of benzene rings is 3. The van der Waals surface area contributed by atoms with Crippen molar-refractivity contribution >= 4 is 39.1 Å². The van der Waals surface area contributed by atoms with E-state index in [1.807, 2.05) is 13.0 Å². The van der Waals surface area contributed by atoms with Gasteiger partial charge in [-0.2, -0.15) is 0 Å². The van der Waals surface area contributed by atoms with E-state index in [4.69, 9.17) is 16.3 Å². The van der Waals surface area contributed by atoms with Crippen molar-refractivity contribution in [2.24, 2.45) is 0 Å². The van der Waals surface area contributed by atoms with Gasteiger partial charge in [0.1, 0.15) is 18.3 Å². The quantitative estimate of drug-likeness (QED) is 0.322. The number of halogens is 1. The Bertz CT molecular complexity index is 1480. The zero-order chi connectivity index (χ0) is 29.6. The number of amides is 2. The van der Waals surface area contributed by atoms with Gasteiger partial charge in [0.2, 0.25) is 11.8 Å². The SMILES string of the molecule is COc1ccc(C)cc1N(CC(=O)N(Cc1cccc(Cl)c1)C(C)C(=O)NC1CCCC1)S(=O)(=O)c1ccccc1. The van der Waals surface area contributed by atoms with Gasteiger partial charge >= 0.3 is 0 Å². The molecule has 3 aromatic carbocycles. The Hall–Kier alpha value is -3.56. The van der Waals surface area contributed by atoms with Crippen molar-refractivity contribution in [3.63, 3.8) is 0 Å². The minimum absolute atomic E-state index is 0.0322. The van der Waals surface area contributed by atoms with Gasteiger partial charge in [0, 0.05) is 17.6 Å². The molecular formula is C31H36ClN3O5S. The summed E-state index contributed by atoms with van der Waals surface area (Å²) >= 11 is 6.22. The lowest BCUT2D eigenvalue weighted by atomic mass is 10.1. The number of ether oxygens (including phenoxy) is 1. The van der Waals surface area contributed by atoms with Crippen LogP contribution < -0.4 is 14.4 Å². The summed E-state index contributed by atoms with van der Waals surface area (Å²) in [7, 11) is -2.74. The van der Waals surface area contributed by atoms with Crippen LogP contribution in [0.2, 0.25) is 5.02 Å². The second-order valence-electron chi connectivity index (χ2n) is 10.3. The highest BCUT2D eigenvalue weighted by atomic mass is 35.5. The molecule has 0 heterocycles. The van der Waals surface area contributed by atoms with Gasteiger partial charge in [0.25, 0.3) is 10.0 Å². The molecule has 10 heteroatoms. The summed E-state index contributed by atoms with van der Waals surface area (Å²) in [6, 6.07) is 19.3. The normalized spacial score (nSPS) is 14.3. The highest BCUT2D eigenvalue weighted by Crippen LogP contribution is 2.34. The molecule has 8 nitrogen and oxygen atoms in total. The molecule has 0 bridgehead atoms. The van der Waals surface area contributed by atoms with Crippen LogP contribution in [0, 0.1) is 6.92 Å². The first-order chi connectivity index (χ1) is 19.6. The molecule has 1 fully saturated rings. The van der Waals surface area contributed by atoms with E-state index in [1.165, 1.54) is 24.1 Å². The Morgan fingerprint density at radius 3 is 2.39 bits per heavy atom. The second-order valence-corrected chi connectivity index (χ2v) is 12.6. The summed E-state index contributed by atoms with van der Waals surface area (Å²) in [5, 5.41) is 3.56. The van der Waals surface area contributed by atoms with Gasteiger partial charge in [-0.25, -0.2) is 8.42 Å². The van der Waals surface area contributed by atoms with Gasteiger partial charge < -0.3 is 15.0 Å². The van der Waals surface area contributed by atoms with Crippen LogP contribution in [0.4, 0.5) is 5.69 Å². The van der Waals surface area contributed by atoms with E-state index in [2.05, 4.69) is 5.32 Å². The Morgan fingerprint density at radius 1 is 1.02 bits per heavy atom. The summed E-state index contributed by atoms with van der Waals surface area (Å²) in [5.74, 6) is -0.517. The van der Waals surface area contributed by atoms with Crippen LogP contribution in [0.1, 0.15) is 43.7 Å². The molecule has 1 atom stereocenters. The van der Waals surface area contributed by atoms with Gasteiger partial charge in [-0.15, -0.1) is 0 Å². The Morgan fingerprint density at radius 2 is 1.73 bits per heavy atom. The fourth-order valence-corrected chi connectivity index (χ4v) is 6.68. The van der Waals surface area contributed by atoms with Crippen molar-refractivity contribution in [1.29, 1.82) is 0 Å². The van der Waals surface area contributed by atoms with Crippen LogP contribution in [0.25, 0.3) is 0 Å². The molecule has 0 aliphatic heterocycles. The molecular weight excluding hydrogens is 562 g/mol.